The topological polar surface area (TPSA) is 69.6 Å². The van der Waals surface area contributed by atoms with Crippen molar-refractivity contribution in [3.8, 4) is 0 Å². The summed E-state index contributed by atoms with van der Waals surface area (Å²) < 4.78 is 0. The van der Waals surface area contributed by atoms with E-state index in [1.165, 1.54) is 0 Å². The van der Waals surface area contributed by atoms with E-state index in [1.807, 2.05) is 24.3 Å². The molecule has 1 aliphatic heterocycles. The van der Waals surface area contributed by atoms with E-state index in [0.29, 0.717) is 13.1 Å². The second-order valence-corrected chi connectivity index (χ2v) is 4.00. The second-order valence-electron chi connectivity index (χ2n) is 4.00. The fourth-order valence-electron chi connectivity index (χ4n) is 1.86. The van der Waals surface area contributed by atoms with Crippen LogP contribution < -0.4 is 5.32 Å². The summed E-state index contributed by atoms with van der Waals surface area (Å²) >= 11 is 0. The minimum Gasteiger partial charge on any atom is -0.481 e. The molecule has 2 rings (SSSR count). The lowest BCUT2D eigenvalue weighted by Gasteiger charge is -2.15. The SMILES string of the molecule is O=C(O)CCNC(=O)N1Cc2ccccc2C1. The smallest absolute Gasteiger partial charge is 0.318 e. The Balaban J connectivity index is 1.86. The molecule has 2 amide bonds. The number of hydrogen-bond donors (Lipinski definition) is 2. The third kappa shape index (κ3) is 2.75. The van der Waals surface area contributed by atoms with Crippen LogP contribution in [0.1, 0.15) is 17.5 Å². The van der Waals surface area contributed by atoms with Gasteiger partial charge in [-0.25, -0.2) is 4.79 Å². The van der Waals surface area contributed by atoms with E-state index in [9.17, 15) is 9.59 Å². The van der Waals surface area contributed by atoms with Crippen LogP contribution in [-0.2, 0) is 17.9 Å². The summed E-state index contributed by atoms with van der Waals surface area (Å²) in [5, 5.41) is 11.1. The lowest BCUT2D eigenvalue weighted by molar-refractivity contribution is -0.136. The molecule has 0 atom stereocenters. The van der Waals surface area contributed by atoms with Crippen molar-refractivity contribution in [3.05, 3.63) is 35.4 Å². The monoisotopic (exact) mass is 234 g/mol. The lowest BCUT2D eigenvalue weighted by Crippen LogP contribution is -2.37. The summed E-state index contributed by atoms with van der Waals surface area (Å²) in [7, 11) is 0. The van der Waals surface area contributed by atoms with E-state index in [4.69, 9.17) is 5.11 Å². The largest absolute Gasteiger partial charge is 0.481 e. The van der Waals surface area contributed by atoms with Crippen molar-refractivity contribution in [1.82, 2.24) is 10.2 Å². The Kier molecular flexibility index (Phi) is 3.27. The highest BCUT2D eigenvalue weighted by Gasteiger charge is 2.22. The number of rotatable bonds is 3. The van der Waals surface area contributed by atoms with Gasteiger partial charge in [-0.1, -0.05) is 24.3 Å². The molecule has 0 aromatic heterocycles. The number of carboxylic acid groups (broad SMARTS) is 1. The molecule has 0 unspecified atom stereocenters. The third-order valence-electron chi connectivity index (χ3n) is 2.74. The normalized spacial score (nSPS) is 13.3. The number of carboxylic acids is 1. The van der Waals surface area contributed by atoms with Gasteiger partial charge in [0.15, 0.2) is 0 Å². The zero-order valence-electron chi connectivity index (χ0n) is 9.35. The van der Waals surface area contributed by atoms with Gasteiger partial charge in [0, 0.05) is 19.6 Å². The molecule has 0 saturated carbocycles. The molecule has 1 aromatic carbocycles. The molecule has 2 N–H and O–H groups in total. The Morgan fingerprint density at radius 3 is 2.35 bits per heavy atom. The first-order valence-electron chi connectivity index (χ1n) is 5.48. The van der Waals surface area contributed by atoms with Crippen molar-refractivity contribution in [3.63, 3.8) is 0 Å². The lowest BCUT2D eigenvalue weighted by atomic mass is 10.1. The minimum atomic E-state index is -0.907. The molecular weight excluding hydrogens is 220 g/mol. The van der Waals surface area contributed by atoms with Crippen molar-refractivity contribution in [2.24, 2.45) is 0 Å². The maximum Gasteiger partial charge on any atom is 0.318 e. The molecule has 5 nitrogen and oxygen atoms in total. The Bertz CT molecular complexity index is 420. The molecule has 0 bridgehead atoms. The van der Waals surface area contributed by atoms with Gasteiger partial charge >= 0.3 is 12.0 Å². The number of hydrogen-bond acceptors (Lipinski definition) is 2. The molecule has 1 aromatic rings. The molecule has 17 heavy (non-hydrogen) atoms. The maximum atomic E-state index is 11.7. The number of nitrogens with zero attached hydrogens (tertiary/aromatic N) is 1. The molecule has 0 saturated heterocycles. The first-order chi connectivity index (χ1) is 8.16. The average molecular weight is 234 g/mol. The number of carbonyl (C=O) groups is 2. The van der Waals surface area contributed by atoms with Gasteiger partial charge in [-0.2, -0.15) is 0 Å². The summed E-state index contributed by atoms with van der Waals surface area (Å²) in [6.45, 7) is 1.35. The van der Waals surface area contributed by atoms with E-state index >= 15 is 0 Å². The van der Waals surface area contributed by atoms with E-state index in [1.54, 1.807) is 4.90 Å². The molecule has 0 spiro atoms. The fraction of sp³-hybridized carbons (Fsp3) is 0.333. The predicted molar refractivity (Wildman–Crippen MR) is 61.3 cm³/mol. The van der Waals surface area contributed by atoms with Gasteiger partial charge in [-0.3, -0.25) is 4.79 Å². The molecule has 0 fully saturated rings. The van der Waals surface area contributed by atoms with Gasteiger partial charge in [-0.15, -0.1) is 0 Å². The molecule has 90 valence electrons. The van der Waals surface area contributed by atoms with Crippen LogP contribution in [-0.4, -0.2) is 28.6 Å². The third-order valence-corrected chi connectivity index (χ3v) is 2.74. The van der Waals surface area contributed by atoms with Crippen molar-refractivity contribution in [1.29, 1.82) is 0 Å². The van der Waals surface area contributed by atoms with Crippen LogP contribution in [0.2, 0.25) is 0 Å². The van der Waals surface area contributed by atoms with Crippen LogP contribution >= 0.6 is 0 Å². The zero-order chi connectivity index (χ0) is 12.3. The van der Waals surface area contributed by atoms with E-state index in [-0.39, 0.29) is 19.0 Å². The Hall–Kier alpha value is -2.04. The van der Waals surface area contributed by atoms with Crippen LogP contribution in [0.5, 0.6) is 0 Å². The average Bonchev–Trinajstić information content (AvgIpc) is 2.71. The van der Waals surface area contributed by atoms with Gasteiger partial charge in [0.1, 0.15) is 0 Å². The highest BCUT2D eigenvalue weighted by molar-refractivity contribution is 5.76. The van der Waals surface area contributed by atoms with Crippen LogP contribution in [0.4, 0.5) is 4.79 Å². The van der Waals surface area contributed by atoms with E-state index in [2.05, 4.69) is 5.32 Å². The molecular formula is C12H14N2O3. The summed E-state index contributed by atoms with van der Waals surface area (Å²) in [6, 6.07) is 7.69. The molecule has 0 radical (unpaired) electrons. The molecule has 0 aliphatic carbocycles. The Morgan fingerprint density at radius 2 is 1.82 bits per heavy atom. The predicted octanol–water partition coefficient (Wildman–Crippen LogP) is 1.19. The van der Waals surface area contributed by atoms with Crippen LogP contribution in [0.25, 0.3) is 0 Å². The van der Waals surface area contributed by atoms with Gasteiger partial charge in [0.25, 0.3) is 0 Å². The highest BCUT2D eigenvalue weighted by atomic mass is 16.4. The number of aliphatic carboxylic acids is 1. The van der Waals surface area contributed by atoms with E-state index < -0.39 is 5.97 Å². The molecule has 1 aliphatic rings. The van der Waals surface area contributed by atoms with Crippen molar-refractivity contribution >= 4 is 12.0 Å². The summed E-state index contributed by atoms with van der Waals surface area (Å²) in [6.07, 6.45) is -0.0491. The summed E-state index contributed by atoms with van der Waals surface area (Å²) in [5.74, 6) is -0.907. The van der Waals surface area contributed by atoms with Gasteiger partial charge in [0.05, 0.1) is 6.42 Å². The molecule has 1 heterocycles. The first-order valence-corrected chi connectivity index (χ1v) is 5.48. The molecule has 5 heteroatoms. The van der Waals surface area contributed by atoms with Crippen LogP contribution in [0, 0.1) is 0 Å². The Labute approximate surface area is 99.0 Å². The highest BCUT2D eigenvalue weighted by Crippen LogP contribution is 2.21. The minimum absolute atomic E-state index is 0.0491. The number of fused-ring (bicyclic) bond motifs is 1. The van der Waals surface area contributed by atoms with Crippen molar-refractivity contribution < 1.29 is 14.7 Å². The number of urea groups is 1. The summed E-state index contributed by atoms with van der Waals surface area (Å²) in [5.41, 5.74) is 2.31. The number of nitrogens with one attached hydrogen (secondary N) is 1. The van der Waals surface area contributed by atoms with Crippen molar-refractivity contribution in [2.45, 2.75) is 19.5 Å². The zero-order valence-corrected chi connectivity index (χ0v) is 9.35. The van der Waals surface area contributed by atoms with E-state index in [0.717, 1.165) is 11.1 Å². The fourth-order valence-corrected chi connectivity index (χ4v) is 1.86. The maximum absolute atomic E-state index is 11.7. The standard InChI is InChI=1S/C12H14N2O3/c15-11(16)5-6-13-12(17)14-7-9-3-1-2-4-10(9)8-14/h1-4H,5-8H2,(H,13,17)(H,15,16). The number of amides is 2. The van der Waals surface area contributed by atoms with Crippen LogP contribution in [0.3, 0.4) is 0 Å². The Morgan fingerprint density at radius 1 is 1.24 bits per heavy atom. The number of benzene rings is 1. The van der Waals surface area contributed by atoms with Crippen LogP contribution in [0.15, 0.2) is 24.3 Å². The number of carbonyl (C=O) groups excluding carboxylic acids is 1. The van der Waals surface area contributed by atoms with Gasteiger partial charge in [0.2, 0.25) is 0 Å². The van der Waals surface area contributed by atoms with Crippen molar-refractivity contribution in [2.75, 3.05) is 6.54 Å². The van der Waals surface area contributed by atoms with Gasteiger partial charge in [-0.05, 0) is 11.1 Å². The second kappa shape index (κ2) is 4.86. The van der Waals surface area contributed by atoms with Gasteiger partial charge < -0.3 is 15.3 Å². The summed E-state index contributed by atoms with van der Waals surface area (Å²) in [4.78, 5) is 23.7. The quantitative estimate of drug-likeness (QED) is 0.825. The first kappa shape index (κ1) is 11.4.